The fourth-order valence-electron chi connectivity index (χ4n) is 3.77. The average Bonchev–Trinajstić information content (AvgIpc) is 2.86. The molecule has 0 aromatic heterocycles. The maximum absolute atomic E-state index is 13.9. The van der Waals surface area contributed by atoms with E-state index in [1.165, 1.54) is 4.90 Å². The van der Waals surface area contributed by atoms with Crippen molar-refractivity contribution in [1.82, 2.24) is 10.2 Å². The SMILES string of the molecule is CCCCN(C(=O)C(CS)NC(=O)OC(C)(C)C)C(C(=O)Nc1ccc(OC)cc1)c1cccc(C)c1O. The summed E-state index contributed by atoms with van der Waals surface area (Å²) in [6.07, 6.45) is 0.579. The third-order valence-corrected chi connectivity index (χ3v) is 6.05. The summed E-state index contributed by atoms with van der Waals surface area (Å²) in [5.74, 6) is -0.515. The van der Waals surface area contributed by atoms with Crippen LogP contribution in [0.2, 0.25) is 0 Å². The highest BCUT2D eigenvalue weighted by Crippen LogP contribution is 2.33. The van der Waals surface area contributed by atoms with E-state index in [4.69, 9.17) is 9.47 Å². The van der Waals surface area contributed by atoms with Crippen LogP contribution in [0.5, 0.6) is 11.5 Å². The Bertz CT molecular complexity index is 1100. The Morgan fingerprint density at radius 1 is 1.11 bits per heavy atom. The molecule has 0 fully saturated rings. The van der Waals surface area contributed by atoms with E-state index in [2.05, 4.69) is 23.3 Å². The van der Waals surface area contributed by atoms with Gasteiger partial charge in [0.05, 0.1) is 7.11 Å². The van der Waals surface area contributed by atoms with Crippen molar-refractivity contribution in [2.45, 2.75) is 65.1 Å². The summed E-state index contributed by atoms with van der Waals surface area (Å²) in [5, 5.41) is 16.4. The lowest BCUT2D eigenvalue weighted by Crippen LogP contribution is -2.53. The van der Waals surface area contributed by atoms with Gasteiger partial charge < -0.3 is 30.1 Å². The predicted molar refractivity (Wildman–Crippen MR) is 151 cm³/mol. The molecule has 2 unspecified atom stereocenters. The number of hydrogen-bond donors (Lipinski definition) is 4. The number of para-hydroxylation sites is 1. The standard InChI is InChI=1S/C28H39N3O6S/c1-7-8-16-31(26(34)22(17-38)30-27(35)37-28(3,4)5)23(21-11-9-10-18(2)24(21)32)25(33)29-19-12-14-20(36-6)15-13-19/h9-15,22-23,32,38H,7-8,16-17H2,1-6H3,(H,29,33)(H,30,35). The van der Waals surface area contributed by atoms with Gasteiger partial charge >= 0.3 is 6.09 Å². The third kappa shape index (κ3) is 8.58. The zero-order chi connectivity index (χ0) is 28.5. The quantitative estimate of drug-likeness (QED) is 0.300. The highest BCUT2D eigenvalue weighted by molar-refractivity contribution is 7.80. The highest BCUT2D eigenvalue weighted by atomic mass is 32.1. The fourth-order valence-corrected chi connectivity index (χ4v) is 4.02. The van der Waals surface area contributed by atoms with Gasteiger partial charge in [0.2, 0.25) is 5.91 Å². The second kappa shape index (κ2) is 13.9. The number of alkyl carbamates (subject to hydrolysis) is 1. The Hall–Kier alpha value is -3.40. The van der Waals surface area contributed by atoms with Gasteiger partial charge in [-0.2, -0.15) is 12.6 Å². The van der Waals surface area contributed by atoms with Crippen LogP contribution in [0.25, 0.3) is 0 Å². The first-order valence-electron chi connectivity index (χ1n) is 12.6. The van der Waals surface area contributed by atoms with Gasteiger partial charge in [0, 0.05) is 23.5 Å². The zero-order valence-electron chi connectivity index (χ0n) is 22.9. The first kappa shape index (κ1) is 30.8. The number of hydrogen-bond acceptors (Lipinski definition) is 7. The number of unbranched alkanes of at least 4 members (excludes halogenated alkanes) is 1. The Morgan fingerprint density at radius 2 is 1.76 bits per heavy atom. The molecule has 0 aliphatic heterocycles. The minimum atomic E-state index is -1.18. The number of amides is 3. The molecule has 3 N–H and O–H groups in total. The summed E-state index contributed by atoms with van der Waals surface area (Å²) in [6.45, 7) is 9.06. The van der Waals surface area contributed by atoms with Gasteiger partial charge in [0.25, 0.3) is 5.91 Å². The number of methoxy groups -OCH3 is 1. The number of carbonyl (C=O) groups excluding carboxylic acids is 3. The lowest BCUT2D eigenvalue weighted by molar-refractivity contribution is -0.140. The maximum Gasteiger partial charge on any atom is 0.408 e. The molecule has 0 aliphatic rings. The maximum atomic E-state index is 13.9. The lowest BCUT2D eigenvalue weighted by atomic mass is 9.99. The summed E-state index contributed by atoms with van der Waals surface area (Å²) in [7, 11) is 1.55. The molecular weight excluding hydrogens is 506 g/mol. The van der Waals surface area contributed by atoms with Gasteiger partial charge in [-0.05, 0) is 63.9 Å². The van der Waals surface area contributed by atoms with Crippen LogP contribution < -0.4 is 15.4 Å². The highest BCUT2D eigenvalue weighted by Gasteiger charge is 2.37. The summed E-state index contributed by atoms with van der Waals surface area (Å²) in [6, 6.07) is 9.58. The first-order chi connectivity index (χ1) is 17.9. The van der Waals surface area contributed by atoms with E-state index in [9.17, 15) is 19.5 Å². The minimum absolute atomic E-state index is 0.0205. The van der Waals surface area contributed by atoms with E-state index in [-0.39, 0.29) is 23.6 Å². The number of ether oxygens (including phenoxy) is 2. The molecule has 0 saturated carbocycles. The first-order valence-corrected chi connectivity index (χ1v) is 13.2. The molecule has 0 spiro atoms. The molecule has 38 heavy (non-hydrogen) atoms. The lowest BCUT2D eigenvalue weighted by Gasteiger charge is -2.34. The van der Waals surface area contributed by atoms with Crippen molar-refractivity contribution in [1.29, 1.82) is 0 Å². The molecule has 208 valence electrons. The average molecular weight is 546 g/mol. The van der Waals surface area contributed by atoms with E-state index in [0.717, 1.165) is 6.42 Å². The van der Waals surface area contributed by atoms with Crippen LogP contribution in [-0.2, 0) is 14.3 Å². The van der Waals surface area contributed by atoms with Crippen molar-refractivity contribution in [3.8, 4) is 11.5 Å². The summed E-state index contributed by atoms with van der Waals surface area (Å²) < 4.78 is 10.5. The van der Waals surface area contributed by atoms with Crippen LogP contribution in [-0.4, -0.2) is 59.0 Å². The number of aryl methyl sites for hydroxylation is 1. The number of aromatic hydroxyl groups is 1. The number of thiol groups is 1. The number of phenolic OH excluding ortho intramolecular Hbond substituents is 1. The number of benzene rings is 2. The molecule has 0 heterocycles. The number of nitrogens with one attached hydrogen (secondary N) is 2. The number of rotatable bonds is 11. The number of phenols is 1. The van der Waals surface area contributed by atoms with E-state index < -0.39 is 35.6 Å². The molecule has 9 nitrogen and oxygen atoms in total. The Balaban J connectivity index is 2.51. The largest absolute Gasteiger partial charge is 0.507 e. The van der Waals surface area contributed by atoms with Crippen LogP contribution in [0.3, 0.4) is 0 Å². The number of anilines is 1. The normalized spacial score (nSPS) is 12.7. The van der Waals surface area contributed by atoms with Gasteiger partial charge in [0.15, 0.2) is 0 Å². The molecule has 2 aromatic carbocycles. The fraction of sp³-hybridized carbons (Fsp3) is 0.464. The molecule has 0 bridgehead atoms. The van der Waals surface area contributed by atoms with Crippen molar-refractivity contribution >= 4 is 36.2 Å². The molecule has 0 saturated heterocycles. The summed E-state index contributed by atoms with van der Waals surface area (Å²) in [4.78, 5) is 41.5. The van der Waals surface area contributed by atoms with Crippen molar-refractivity contribution in [2.24, 2.45) is 0 Å². The van der Waals surface area contributed by atoms with E-state index in [1.54, 1.807) is 77.3 Å². The van der Waals surface area contributed by atoms with Crippen LogP contribution in [0, 0.1) is 6.92 Å². The Labute approximate surface area is 230 Å². The summed E-state index contributed by atoms with van der Waals surface area (Å²) >= 11 is 4.29. The van der Waals surface area contributed by atoms with Crippen molar-refractivity contribution in [2.75, 3.05) is 24.7 Å². The van der Waals surface area contributed by atoms with Gasteiger partial charge in [-0.15, -0.1) is 0 Å². The van der Waals surface area contributed by atoms with Crippen molar-refractivity contribution in [3.05, 3.63) is 53.6 Å². The second-order valence-corrected chi connectivity index (χ2v) is 10.3. The van der Waals surface area contributed by atoms with E-state index >= 15 is 0 Å². The molecular formula is C28H39N3O6S. The van der Waals surface area contributed by atoms with Crippen LogP contribution in [0.15, 0.2) is 42.5 Å². The van der Waals surface area contributed by atoms with Crippen molar-refractivity contribution < 1.29 is 29.0 Å². The second-order valence-electron chi connectivity index (χ2n) is 9.90. The molecule has 2 aromatic rings. The van der Waals surface area contributed by atoms with Gasteiger partial charge in [-0.25, -0.2) is 4.79 Å². The molecule has 3 amide bonds. The van der Waals surface area contributed by atoms with Crippen molar-refractivity contribution in [3.63, 3.8) is 0 Å². The Kier molecular flexibility index (Phi) is 11.3. The van der Waals surface area contributed by atoms with Gasteiger partial charge in [-0.1, -0.05) is 31.5 Å². The molecule has 2 rings (SSSR count). The monoisotopic (exact) mass is 545 g/mol. The third-order valence-electron chi connectivity index (χ3n) is 5.69. The number of carbonyl (C=O) groups is 3. The van der Waals surface area contributed by atoms with Crippen LogP contribution in [0.1, 0.15) is 57.7 Å². The molecule has 10 heteroatoms. The predicted octanol–water partition coefficient (Wildman–Crippen LogP) is 4.84. The minimum Gasteiger partial charge on any atom is -0.507 e. The molecule has 0 radical (unpaired) electrons. The smallest absolute Gasteiger partial charge is 0.408 e. The van der Waals surface area contributed by atoms with Gasteiger partial charge in [-0.3, -0.25) is 9.59 Å². The molecule has 2 atom stereocenters. The molecule has 0 aliphatic carbocycles. The summed E-state index contributed by atoms with van der Waals surface area (Å²) in [5.41, 5.74) is 0.569. The van der Waals surface area contributed by atoms with Crippen LogP contribution in [0.4, 0.5) is 10.5 Å². The number of nitrogens with zero attached hydrogens (tertiary/aromatic N) is 1. The van der Waals surface area contributed by atoms with E-state index in [0.29, 0.717) is 23.4 Å². The van der Waals surface area contributed by atoms with Crippen LogP contribution >= 0.6 is 12.6 Å². The Morgan fingerprint density at radius 3 is 2.32 bits per heavy atom. The topological polar surface area (TPSA) is 117 Å². The van der Waals surface area contributed by atoms with E-state index in [1.807, 2.05) is 6.92 Å². The zero-order valence-corrected chi connectivity index (χ0v) is 23.8. The van der Waals surface area contributed by atoms with Gasteiger partial charge in [0.1, 0.15) is 29.2 Å².